The molecular weight excluding hydrogens is 490 g/mol. The molecule has 0 saturated heterocycles. The number of nitriles is 1. The minimum atomic E-state index is -0.195. The lowest BCUT2D eigenvalue weighted by molar-refractivity contribution is -0.113. The van der Waals surface area contributed by atoms with Crippen molar-refractivity contribution in [2.45, 2.75) is 45.2 Å². The molecule has 0 fully saturated rings. The highest BCUT2D eigenvalue weighted by molar-refractivity contribution is 7.99. The summed E-state index contributed by atoms with van der Waals surface area (Å²) >= 11 is 8.86. The molecular formula is C24H26ClN5O2S2. The number of nitrogens with zero attached hydrogens (tertiary/aromatic N) is 3. The number of benzene rings is 1. The molecule has 0 saturated carbocycles. The van der Waals surface area contributed by atoms with Crippen molar-refractivity contribution in [3.63, 3.8) is 0 Å². The van der Waals surface area contributed by atoms with Crippen LogP contribution in [0.5, 0.6) is 5.75 Å². The first kappa shape index (κ1) is 24.6. The number of rotatable bonds is 6. The van der Waals surface area contributed by atoms with Gasteiger partial charge < -0.3 is 10.1 Å². The predicted molar refractivity (Wildman–Crippen MR) is 137 cm³/mol. The van der Waals surface area contributed by atoms with Crippen molar-refractivity contribution in [3.05, 3.63) is 39.2 Å². The second-order valence-corrected chi connectivity index (χ2v) is 11.8. The third-order valence-corrected chi connectivity index (χ3v) is 8.32. The number of hydrogen-bond donors (Lipinski definition) is 2. The summed E-state index contributed by atoms with van der Waals surface area (Å²) in [4.78, 5) is 18.4. The number of methoxy groups -OCH3 is 1. The van der Waals surface area contributed by atoms with Gasteiger partial charge in [0.25, 0.3) is 0 Å². The summed E-state index contributed by atoms with van der Waals surface area (Å²) in [7, 11) is 1.57. The number of halogens is 1. The molecule has 2 aromatic heterocycles. The maximum absolute atomic E-state index is 12.7. The van der Waals surface area contributed by atoms with Crippen molar-refractivity contribution in [2.24, 2.45) is 11.3 Å². The highest BCUT2D eigenvalue weighted by Crippen LogP contribution is 2.44. The number of H-pyrrole nitrogens is 1. The van der Waals surface area contributed by atoms with Crippen LogP contribution >= 0.6 is 34.7 Å². The SMILES string of the molecule is COc1ccc(Cl)cc1-c1nc(SCC(=O)Nc2sc3c(c2C#N)CC[C@H](C(C)(C)C)C3)n[nH]1. The number of fused-ring (bicyclic) bond motifs is 1. The normalized spacial score (nSPS) is 15.5. The fourth-order valence-electron chi connectivity index (χ4n) is 4.12. The third kappa shape index (κ3) is 5.24. The Kier molecular flexibility index (Phi) is 7.22. The maximum atomic E-state index is 12.7. The number of aromatic nitrogens is 3. The highest BCUT2D eigenvalue weighted by atomic mass is 35.5. The fraction of sp³-hybridized carbons (Fsp3) is 0.417. The first-order valence-corrected chi connectivity index (χ1v) is 13.1. The van der Waals surface area contributed by atoms with Crippen LogP contribution in [0.15, 0.2) is 23.4 Å². The van der Waals surface area contributed by atoms with Crippen molar-refractivity contribution >= 4 is 45.6 Å². The Morgan fingerprint density at radius 3 is 2.94 bits per heavy atom. The quantitative estimate of drug-likeness (QED) is 0.393. The van der Waals surface area contributed by atoms with Gasteiger partial charge >= 0.3 is 0 Å². The molecule has 3 aromatic rings. The summed E-state index contributed by atoms with van der Waals surface area (Å²) < 4.78 is 5.37. The summed E-state index contributed by atoms with van der Waals surface area (Å²) in [5.74, 6) is 1.63. The van der Waals surface area contributed by atoms with E-state index in [1.54, 1.807) is 25.3 Å². The molecule has 0 aliphatic heterocycles. The zero-order valence-corrected chi connectivity index (χ0v) is 21.9. The van der Waals surface area contributed by atoms with Crippen LogP contribution in [0.4, 0.5) is 5.00 Å². The zero-order chi connectivity index (χ0) is 24.5. The van der Waals surface area contributed by atoms with Gasteiger partial charge in [-0.3, -0.25) is 9.89 Å². The van der Waals surface area contributed by atoms with E-state index in [1.807, 2.05) is 0 Å². The number of carbonyl (C=O) groups is 1. The molecule has 1 aliphatic rings. The number of nitrogens with one attached hydrogen (secondary N) is 2. The Labute approximate surface area is 212 Å². The largest absolute Gasteiger partial charge is 0.496 e. The minimum Gasteiger partial charge on any atom is -0.496 e. The van der Waals surface area contributed by atoms with Gasteiger partial charge in [-0.2, -0.15) is 5.26 Å². The average Bonchev–Trinajstić information content (AvgIpc) is 3.40. The van der Waals surface area contributed by atoms with Gasteiger partial charge in [0.2, 0.25) is 11.1 Å². The summed E-state index contributed by atoms with van der Waals surface area (Å²) in [6.07, 6.45) is 2.90. The predicted octanol–water partition coefficient (Wildman–Crippen LogP) is 5.95. The van der Waals surface area contributed by atoms with Gasteiger partial charge in [0, 0.05) is 9.90 Å². The van der Waals surface area contributed by atoms with Crippen molar-refractivity contribution in [1.82, 2.24) is 15.2 Å². The Balaban J connectivity index is 1.42. The van der Waals surface area contributed by atoms with Crippen LogP contribution in [-0.4, -0.2) is 34.0 Å². The first-order valence-electron chi connectivity index (χ1n) is 10.9. The van der Waals surface area contributed by atoms with E-state index in [9.17, 15) is 10.1 Å². The molecule has 4 rings (SSSR count). The molecule has 34 heavy (non-hydrogen) atoms. The van der Waals surface area contributed by atoms with Crippen molar-refractivity contribution < 1.29 is 9.53 Å². The van der Waals surface area contributed by atoms with E-state index in [4.69, 9.17) is 16.3 Å². The van der Waals surface area contributed by atoms with E-state index in [2.05, 4.69) is 47.3 Å². The summed E-state index contributed by atoms with van der Waals surface area (Å²) in [6, 6.07) is 7.55. The van der Waals surface area contributed by atoms with E-state index in [0.717, 1.165) is 24.8 Å². The number of aromatic amines is 1. The Morgan fingerprint density at radius 1 is 1.44 bits per heavy atom. The number of anilines is 1. The number of ether oxygens (including phenoxy) is 1. The molecule has 2 N–H and O–H groups in total. The molecule has 10 heteroatoms. The highest BCUT2D eigenvalue weighted by Gasteiger charge is 2.32. The zero-order valence-electron chi connectivity index (χ0n) is 19.5. The van der Waals surface area contributed by atoms with E-state index in [1.165, 1.54) is 28.0 Å². The lowest BCUT2D eigenvalue weighted by atomic mass is 9.72. The van der Waals surface area contributed by atoms with Crippen molar-refractivity contribution in [2.75, 3.05) is 18.2 Å². The van der Waals surface area contributed by atoms with E-state index in [-0.39, 0.29) is 17.1 Å². The van der Waals surface area contributed by atoms with Gasteiger partial charge in [0.05, 0.1) is 24.0 Å². The molecule has 2 heterocycles. The van der Waals surface area contributed by atoms with Crippen molar-refractivity contribution in [3.8, 4) is 23.2 Å². The lowest BCUT2D eigenvalue weighted by Crippen LogP contribution is -2.26. The monoisotopic (exact) mass is 515 g/mol. The van der Waals surface area contributed by atoms with Crippen LogP contribution in [0.1, 0.15) is 43.2 Å². The molecule has 178 valence electrons. The second-order valence-electron chi connectivity index (χ2n) is 9.27. The molecule has 0 spiro atoms. The summed E-state index contributed by atoms with van der Waals surface area (Å²) in [5.41, 5.74) is 2.62. The van der Waals surface area contributed by atoms with Gasteiger partial charge in [0.15, 0.2) is 5.82 Å². The molecule has 0 radical (unpaired) electrons. The third-order valence-electron chi connectivity index (χ3n) is 6.07. The molecule has 0 unspecified atom stereocenters. The minimum absolute atomic E-state index is 0.127. The molecule has 1 aromatic carbocycles. The Bertz CT molecular complexity index is 1260. The van der Waals surface area contributed by atoms with E-state index < -0.39 is 0 Å². The maximum Gasteiger partial charge on any atom is 0.235 e. The number of carbonyl (C=O) groups excluding carboxylic acids is 1. The van der Waals surface area contributed by atoms with Gasteiger partial charge in [0.1, 0.15) is 16.8 Å². The van der Waals surface area contributed by atoms with Gasteiger partial charge in [-0.15, -0.1) is 16.4 Å². The van der Waals surface area contributed by atoms with E-state index in [0.29, 0.717) is 43.8 Å². The van der Waals surface area contributed by atoms with Crippen LogP contribution in [-0.2, 0) is 17.6 Å². The molecule has 1 aliphatic carbocycles. The number of hydrogen-bond acceptors (Lipinski definition) is 7. The fourth-order valence-corrected chi connectivity index (χ4v) is 6.19. The van der Waals surface area contributed by atoms with Gasteiger partial charge in [-0.25, -0.2) is 4.98 Å². The molecule has 1 amide bonds. The van der Waals surface area contributed by atoms with Gasteiger partial charge in [-0.05, 0) is 54.4 Å². The van der Waals surface area contributed by atoms with Crippen LogP contribution < -0.4 is 10.1 Å². The Hall–Kier alpha value is -2.54. The van der Waals surface area contributed by atoms with E-state index >= 15 is 0 Å². The van der Waals surface area contributed by atoms with Crippen LogP contribution in [0.2, 0.25) is 5.02 Å². The van der Waals surface area contributed by atoms with Crippen molar-refractivity contribution in [1.29, 1.82) is 5.26 Å². The van der Waals surface area contributed by atoms with Crippen LogP contribution in [0.25, 0.3) is 11.4 Å². The summed E-state index contributed by atoms with van der Waals surface area (Å²) in [6.45, 7) is 6.79. The molecule has 1 atom stereocenters. The second kappa shape index (κ2) is 9.98. The average molecular weight is 516 g/mol. The molecule has 7 nitrogen and oxygen atoms in total. The topological polar surface area (TPSA) is 104 Å². The molecule has 0 bridgehead atoms. The Morgan fingerprint density at radius 2 is 2.24 bits per heavy atom. The number of thiophene rings is 1. The lowest BCUT2D eigenvalue weighted by Gasteiger charge is -2.33. The van der Waals surface area contributed by atoms with Gasteiger partial charge in [-0.1, -0.05) is 44.1 Å². The first-order chi connectivity index (χ1) is 16.2. The number of thioether (sulfide) groups is 1. The van der Waals surface area contributed by atoms with Crippen LogP contribution in [0, 0.1) is 22.7 Å². The smallest absolute Gasteiger partial charge is 0.235 e. The number of amides is 1. The van der Waals surface area contributed by atoms with Crippen LogP contribution in [0.3, 0.4) is 0 Å². The summed E-state index contributed by atoms with van der Waals surface area (Å²) in [5, 5.41) is 21.4. The standard InChI is InChI=1S/C24H26ClN5O2S2/c1-24(2,3)13-5-7-15-17(11-26)22(34-19(15)9-13)27-20(31)12-33-23-28-21(29-30-23)16-10-14(25)6-8-18(16)32-4/h6,8,10,13H,5,7,9,12H2,1-4H3,(H,27,31)(H,28,29,30)/t13-/m0/s1.